The molecule has 1 atom stereocenters. The monoisotopic (exact) mass is 353 g/mol. The van der Waals surface area contributed by atoms with E-state index in [9.17, 15) is 4.39 Å². The van der Waals surface area contributed by atoms with Crippen LogP contribution >= 0.6 is 0 Å². The van der Waals surface area contributed by atoms with E-state index < -0.39 is 0 Å². The number of aromatic nitrogens is 3. The quantitative estimate of drug-likeness (QED) is 0.761. The largest absolute Gasteiger partial charge is 0.351 e. The minimum atomic E-state index is -0.337. The molecule has 0 spiro atoms. The summed E-state index contributed by atoms with van der Waals surface area (Å²) < 4.78 is 14.2. The number of nitrogens with one attached hydrogen (secondary N) is 2. The van der Waals surface area contributed by atoms with E-state index in [1.54, 1.807) is 18.2 Å². The van der Waals surface area contributed by atoms with Gasteiger partial charge in [0, 0.05) is 11.7 Å². The van der Waals surface area contributed by atoms with Gasteiger partial charge in [0.2, 0.25) is 11.9 Å². The molecule has 0 saturated heterocycles. The average Bonchev–Trinajstić information content (AvgIpc) is 3.49. The third-order valence-electron chi connectivity index (χ3n) is 4.85. The molecule has 2 saturated carbocycles. The Kier molecular flexibility index (Phi) is 4.57. The predicted octanol–water partition coefficient (Wildman–Crippen LogP) is 4.61. The van der Waals surface area contributed by atoms with Gasteiger partial charge in [-0.05, 0) is 63.5 Å². The third-order valence-corrected chi connectivity index (χ3v) is 4.85. The van der Waals surface area contributed by atoms with Gasteiger partial charge in [0.15, 0.2) is 5.82 Å². The summed E-state index contributed by atoms with van der Waals surface area (Å²) in [6.07, 6.45) is 7.14. The Morgan fingerprint density at radius 1 is 1.12 bits per heavy atom. The van der Waals surface area contributed by atoms with Crippen LogP contribution in [-0.4, -0.2) is 21.0 Å². The number of anilines is 2. The zero-order valence-electron chi connectivity index (χ0n) is 15.2. The lowest BCUT2D eigenvalue weighted by Gasteiger charge is -2.15. The van der Waals surface area contributed by atoms with E-state index in [-0.39, 0.29) is 5.82 Å². The van der Waals surface area contributed by atoms with Gasteiger partial charge in [0.25, 0.3) is 0 Å². The molecule has 0 radical (unpaired) electrons. The van der Waals surface area contributed by atoms with Crippen molar-refractivity contribution in [1.82, 2.24) is 15.0 Å². The highest BCUT2D eigenvalue weighted by atomic mass is 19.1. The summed E-state index contributed by atoms with van der Waals surface area (Å²) in [5, 5.41) is 6.59. The van der Waals surface area contributed by atoms with Crippen molar-refractivity contribution < 1.29 is 4.39 Å². The zero-order chi connectivity index (χ0) is 18.1. The number of halogens is 1. The molecule has 1 aromatic heterocycles. The van der Waals surface area contributed by atoms with Gasteiger partial charge < -0.3 is 10.6 Å². The summed E-state index contributed by atoms with van der Waals surface area (Å²) in [5.74, 6) is 2.25. The summed E-state index contributed by atoms with van der Waals surface area (Å²) in [7, 11) is 0. The van der Waals surface area contributed by atoms with Crippen LogP contribution in [-0.2, 0) is 0 Å². The number of hydrogen-bond donors (Lipinski definition) is 2. The van der Waals surface area contributed by atoms with Crippen LogP contribution in [0.15, 0.2) is 36.0 Å². The van der Waals surface area contributed by atoms with Crippen LogP contribution in [0.4, 0.5) is 16.3 Å². The molecule has 1 aromatic carbocycles. The van der Waals surface area contributed by atoms with E-state index in [1.807, 2.05) is 6.92 Å². The Bertz CT molecular complexity index is 827. The molecule has 2 N–H and O–H groups in total. The molecule has 5 nitrogen and oxygen atoms in total. The van der Waals surface area contributed by atoms with Crippen LogP contribution in [0.5, 0.6) is 0 Å². The minimum Gasteiger partial charge on any atom is -0.351 e. The van der Waals surface area contributed by atoms with Crippen molar-refractivity contribution in [2.75, 3.05) is 10.6 Å². The van der Waals surface area contributed by atoms with E-state index in [4.69, 9.17) is 0 Å². The Balaban J connectivity index is 1.65. The van der Waals surface area contributed by atoms with Crippen molar-refractivity contribution in [2.24, 2.45) is 11.8 Å². The van der Waals surface area contributed by atoms with Crippen LogP contribution in [0.25, 0.3) is 11.4 Å². The second-order valence-electron chi connectivity index (χ2n) is 7.37. The summed E-state index contributed by atoms with van der Waals surface area (Å²) in [6, 6.07) is 6.85. The molecule has 2 aliphatic rings. The highest BCUT2D eigenvalue weighted by Crippen LogP contribution is 2.34. The molecular weight excluding hydrogens is 329 g/mol. The van der Waals surface area contributed by atoms with Crippen molar-refractivity contribution in [3.05, 3.63) is 41.9 Å². The summed E-state index contributed by atoms with van der Waals surface area (Å²) in [6.45, 7) is 4.14. The standard InChI is InChI=1S/C20H24FN5/c1-12(11-14-7-8-14)22-19-24-18(16-5-3-4-6-17(16)21)25-20(26-19)23-13(2)15-9-10-15/h3-6,11,13-15H,7-10H2,1-2H3,(H2,22,23,24,25,26)/t13-/m1/s1. The number of nitrogens with zero attached hydrogens (tertiary/aromatic N) is 3. The van der Waals surface area contributed by atoms with Crippen LogP contribution in [0.3, 0.4) is 0 Å². The Hall–Kier alpha value is -2.50. The Morgan fingerprint density at radius 2 is 1.85 bits per heavy atom. The van der Waals surface area contributed by atoms with Crippen LogP contribution in [0, 0.1) is 17.7 Å². The van der Waals surface area contributed by atoms with Crippen LogP contribution in [0.2, 0.25) is 0 Å². The summed E-state index contributed by atoms with van der Waals surface area (Å²) in [5.41, 5.74) is 1.39. The number of hydrogen-bond acceptors (Lipinski definition) is 5. The first kappa shape index (κ1) is 16.9. The molecule has 2 aromatic rings. The maximum atomic E-state index is 14.2. The second kappa shape index (κ2) is 7.02. The first-order valence-electron chi connectivity index (χ1n) is 9.31. The van der Waals surface area contributed by atoms with Gasteiger partial charge in [-0.25, -0.2) is 4.39 Å². The lowest BCUT2D eigenvalue weighted by atomic mass is 10.2. The molecule has 136 valence electrons. The maximum absolute atomic E-state index is 14.2. The van der Waals surface area contributed by atoms with Gasteiger partial charge >= 0.3 is 0 Å². The SMILES string of the molecule is CC(=CC1CC1)Nc1nc(N[C@H](C)C2CC2)nc(-c2ccccc2F)n1. The van der Waals surface area contributed by atoms with Gasteiger partial charge in [0.05, 0.1) is 5.56 Å². The van der Waals surface area contributed by atoms with Gasteiger partial charge in [0.1, 0.15) is 5.82 Å². The molecular formula is C20H24FN5. The van der Waals surface area contributed by atoms with Crippen molar-refractivity contribution in [3.63, 3.8) is 0 Å². The van der Waals surface area contributed by atoms with Crippen molar-refractivity contribution >= 4 is 11.9 Å². The number of benzene rings is 1. The molecule has 4 rings (SSSR count). The summed E-state index contributed by atoms with van der Waals surface area (Å²) in [4.78, 5) is 13.4. The smallest absolute Gasteiger partial charge is 0.232 e. The van der Waals surface area contributed by atoms with Crippen molar-refractivity contribution in [2.45, 2.75) is 45.6 Å². The van der Waals surface area contributed by atoms with E-state index in [1.165, 1.54) is 31.7 Å². The molecule has 0 bridgehead atoms. The first-order valence-corrected chi connectivity index (χ1v) is 9.31. The summed E-state index contributed by atoms with van der Waals surface area (Å²) >= 11 is 0. The van der Waals surface area contributed by atoms with Crippen LogP contribution < -0.4 is 10.6 Å². The zero-order valence-corrected chi connectivity index (χ0v) is 15.2. The molecule has 2 fully saturated rings. The number of rotatable bonds is 7. The van der Waals surface area contributed by atoms with Gasteiger partial charge in [-0.15, -0.1) is 0 Å². The highest BCUT2D eigenvalue weighted by Gasteiger charge is 2.28. The molecule has 26 heavy (non-hydrogen) atoms. The van der Waals surface area contributed by atoms with Crippen LogP contribution in [0.1, 0.15) is 39.5 Å². The molecule has 1 heterocycles. The maximum Gasteiger partial charge on any atom is 0.232 e. The fraction of sp³-hybridized carbons (Fsp3) is 0.450. The Morgan fingerprint density at radius 3 is 2.54 bits per heavy atom. The molecule has 2 aliphatic carbocycles. The Labute approximate surface area is 153 Å². The van der Waals surface area contributed by atoms with E-state index in [2.05, 4.69) is 38.6 Å². The van der Waals surface area contributed by atoms with E-state index in [0.717, 1.165) is 5.70 Å². The average molecular weight is 353 g/mol. The molecule has 6 heteroatoms. The molecule has 0 amide bonds. The van der Waals surface area contributed by atoms with Gasteiger partial charge in [-0.1, -0.05) is 18.2 Å². The lowest BCUT2D eigenvalue weighted by molar-refractivity contribution is 0.629. The minimum absolute atomic E-state index is 0.293. The molecule has 0 aliphatic heterocycles. The van der Waals surface area contributed by atoms with Crippen molar-refractivity contribution in [3.8, 4) is 11.4 Å². The normalized spacial score (nSPS) is 18.5. The topological polar surface area (TPSA) is 62.7 Å². The fourth-order valence-corrected chi connectivity index (χ4v) is 3.01. The second-order valence-corrected chi connectivity index (χ2v) is 7.37. The molecule has 0 unspecified atom stereocenters. The van der Waals surface area contributed by atoms with Gasteiger partial charge in [-0.3, -0.25) is 0 Å². The van der Waals surface area contributed by atoms with E-state index in [0.29, 0.717) is 41.2 Å². The highest BCUT2D eigenvalue weighted by molar-refractivity contribution is 5.59. The van der Waals surface area contributed by atoms with Crippen molar-refractivity contribution in [1.29, 1.82) is 0 Å². The predicted molar refractivity (Wildman–Crippen MR) is 101 cm³/mol. The number of allylic oxidation sites excluding steroid dienone is 2. The lowest BCUT2D eigenvalue weighted by Crippen LogP contribution is -2.20. The van der Waals surface area contributed by atoms with E-state index >= 15 is 0 Å². The third kappa shape index (κ3) is 4.18. The first-order chi connectivity index (χ1) is 12.6. The fourth-order valence-electron chi connectivity index (χ4n) is 3.01. The van der Waals surface area contributed by atoms with Gasteiger partial charge in [-0.2, -0.15) is 15.0 Å².